The number of ether oxygens (including phenoxy) is 1. The number of nitrogens with one attached hydrogen (secondary N) is 1. The first-order chi connectivity index (χ1) is 11.9. The molecule has 2 rings (SSSR count). The number of halogens is 1. The predicted molar refractivity (Wildman–Crippen MR) is 97.1 cm³/mol. The van der Waals surface area contributed by atoms with Crippen LogP contribution in [0, 0.1) is 0 Å². The second-order valence-electron chi connectivity index (χ2n) is 5.37. The first-order valence-corrected chi connectivity index (χ1v) is 9.46. The van der Waals surface area contributed by atoms with Crippen LogP contribution in [-0.2, 0) is 20.3 Å². The molecule has 0 unspecified atom stereocenters. The number of rotatable bonds is 6. The maximum Gasteiger partial charge on any atom is 0.339 e. The van der Waals surface area contributed by atoms with E-state index < -0.39 is 29.3 Å². The summed E-state index contributed by atoms with van der Waals surface area (Å²) in [6.07, 6.45) is 1.48. The number of carbonyl (C=O) groups excluding carboxylic acids is 2. The van der Waals surface area contributed by atoms with Gasteiger partial charge in [-0.2, -0.15) is 0 Å². The van der Waals surface area contributed by atoms with E-state index in [9.17, 15) is 13.8 Å². The second kappa shape index (κ2) is 8.78. The van der Waals surface area contributed by atoms with Gasteiger partial charge in [0.25, 0.3) is 5.91 Å². The van der Waals surface area contributed by atoms with Crippen LogP contribution in [0.4, 0.5) is 0 Å². The molecule has 0 fully saturated rings. The fourth-order valence-corrected chi connectivity index (χ4v) is 3.07. The van der Waals surface area contributed by atoms with Crippen LogP contribution >= 0.6 is 11.6 Å². The minimum absolute atomic E-state index is 0.196. The van der Waals surface area contributed by atoms with Gasteiger partial charge in [-0.25, -0.2) is 4.79 Å². The maximum atomic E-state index is 12.1. The van der Waals surface area contributed by atoms with Crippen molar-refractivity contribution >= 4 is 34.3 Å². The van der Waals surface area contributed by atoms with E-state index in [4.69, 9.17) is 16.3 Å². The molecule has 1 amide bonds. The molecular formula is C18H18ClNO4S. The molecule has 2 aromatic rings. The van der Waals surface area contributed by atoms with Gasteiger partial charge >= 0.3 is 5.97 Å². The zero-order valence-electron chi connectivity index (χ0n) is 13.8. The number of carbonyl (C=O) groups is 2. The molecule has 0 spiro atoms. The number of amides is 1. The van der Waals surface area contributed by atoms with Gasteiger partial charge in [0, 0.05) is 11.3 Å². The Hall–Kier alpha value is -2.18. The van der Waals surface area contributed by atoms with E-state index in [1.54, 1.807) is 30.3 Å². The Balaban J connectivity index is 1.92. The van der Waals surface area contributed by atoms with Crippen LogP contribution in [0.5, 0.6) is 0 Å². The van der Waals surface area contributed by atoms with Crippen LogP contribution in [-0.4, -0.2) is 28.9 Å². The summed E-state index contributed by atoms with van der Waals surface area (Å²) in [6.45, 7) is 1.40. The van der Waals surface area contributed by atoms with Gasteiger partial charge in [0.05, 0.1) is 27.3 Å². The third-order valence-electron chi connectivity index (χ3n) is 3.50. The standard InChI is InChI=1S/C18H18ClNO4S/c1-12(13-7-9-14(19)10-8-13)20-17(21)11-24-18(22)15-5-3-4-6-16(15)25(2)23/h3-10,12H,11H2,1-2H3,(H,20,21)/t12-,25+/m0/s1. The van der Waals surface area contributed by atoms with Crippen molar-refractivity contribution in [3.8, 4) is 0 Å². The van der Waals surface area contributed by atoms with Crippen LogP contribution in [0.25, 0.3) is 0 Å². The minimum atomic E-state index is -1.32. The lowest BCUT2D eigenvalue weighted by Gasteiger charge is -2.14. The highest BCUT2D eigenvalue weighted by atomic mass is 35.5. The molecule has 2 aromatic carbocycles. The van der Waals surface area contributed by atoms with Crippen LogP contribution < -0.4 is 5.32 Å². The number of esters is 1. The van der Waals surface area contributed by atoms with Crippen LogP contribution in [0.1, 0.15) is 28.9 Å². The van der Waals surface area contributed by atoms with Gasteiger partial charge in [0.15, 0.2) is 6.61 Å². The number of hydrogen-bond donors (Lipinski definition) is 1. The zero-order chi connectivity index (χ0) is 18.4. The van der Waals surface area contributed by atoms with Crippen molar-refractivity contribution in [3.05, 3.63) is 64.7 Å². The van der Waals surface area contributed by atoms with Crippen molar-refractivity contribution in [2.24, 2.45) is 0 Å². The zero-order valence-corrected chi connectivity index (χ0v) is 15.4. The smallest absolute Gasteiger partial charge is 0.339 e. The average molecular weight is 380 g/mol. The summed E-state index contributed by atoms with van der Waals surface area (Å²) in [5.74, 6) is -1.11. The summed E-state index contributed by atoms with van der Waals surface area (Å²) in [5.41, 5.74) is 1.08. The Morgan fingerprint density at radius 1 is 1.16 bits per heavy atom. The van der Waals surface area contributed by atoms with Gasteiger partial charge in [-0.1, -0.05) is 35.9 Å². The SMILES string of the molecule is C[C@H](NC(=O)COC(=O)c1ccccc1[S@@](C)=O)c1ccc(Cl)cc1. The molecule has 25 heavy (non-hydrogen) atoms. The Labute approximate surface area is 153 Å². The van der Waals surface area contributed by atoms with E-state index >= 15 is 0 Å². The molecule has 0 saturated heterocycles. The molecule has 2 atom stereocenters. The van der Waals surface area contributed by atoms with Crippen molar-refractivity contribution in [2.75, 3.05) is 12.9 Å². The molecule has 0 bridgehead atoms. The van der Waals surface area contributed by atoms with Gasteiger partial charge in [-0.3, -0.25) is 9.00 Å². The Morgan fingerprint density at radius 3 is 2.44 bits per heavy atom. The molecule has 0 aromatic heterocycles. The van der Waals surface area contributed by atoms with Crippen molar-refractivity contribution in [1.82, 2.24) is 5.32 Å². The van der Waals surface area contributed by atoms with Gasteiger partial charge in [0.1, 0.15) is 0 Å². The Morgan fingerprint density at radius 2 is 1.80 bits per heavy atom. The van der Waals surface area contributed by atoms with Crippen molar-refractivity contribution in [1.29, 1.82) is 0 Å². The minimum Gasteiger partial charge on any atom is -0.452 e. The van der Waals surface area contributed by atoms with E-state index in [2.05, 4.69) is 5.32 Å². The lowest BCUT2D eigenvalue weighted by Crippen LogP contribution is -2.31. The van der Waals surface area contributed by atoms with Crippen molar-refractivity contribution in [3.63, 3.8) is 0 Å². The summed E-state index contributed by atoms with van der Waals surface area (Å²) >= 11 is 5.83. The monoisotopic (exact) mass is 379 g/mol. The van der Waals surface area contributed by atoms with Gasteiger partial charge in [-0.15, -0.1) is 0 Å². The molecule has 0 saturated carbocycles. The lowest BCUT2D eigenvalue weighted by molar-refractivity contribution is -0.124. The van der Waals surface area contributed by atoms with E-state index in [0.717, 1.165) is 5.56 Å². The van der Waals surface area contributed by atoms with E-state index in [1.165, 1.54) is 12.3 Å². The fraction of sp³-hybridized carbons (Fsp3) is 0.222. The second-order valence-corrected chi connectivity index (χ2v) is 7.15. The van der Waals surface area contributed by atoms with E-state index in [-0.39, 0.29) is 11.6 Å². The maximum absolute atomic E-state index is 12.1. The summed E-state index contributed by atoms with van der Waals surface area (Å²) in [6, 6.07) is 13.3. The van der Waals surface area contributed by atoms with E-state index in [0.29, 0.717) is 9.92 Å². The van der Waals surface area contributed by atoms with Crippen molar-refractivity contribution in [2.45, 2.75) is 17.9 Å². The Kier molecular flexibility index (Phi) is 6.73. The molecule has 0 aliphatic carbocycles. The molecular weight excluding hydrogens is 362 g/mol. The van der Waals surface area contributed by atoms with Crippen LogP contribution in [0.15, 0.2) is 53.4 Å². The van der Waals surface area contributed by atoms with Gasteiger partial charge in [-0.05, 0) is 36.8 Å². The highest BCUT2D eigenvalue weighted by molar-refractivity contribution is 7.84. The molecule has 0 aliphatic rings. The van der Waals surface area contributed by atoms with Crippen LogP contribution in [0.3, 0.4) is 0 Å². The first kappa shape index (κ1) is 19.1. The predicted octanol–water partition coefficient (Wildman–Crippen LogP) is 3.11. The molecule has 1 N–H and O–H groups in total. The largest absolute Gasteiger partial charge is 0.452 e. The Bertz CT molecular complexity index is 792. The fourth-order valence-electron chi connectivity index (χ4n) is 2.21. The molecule has 7 heteroatoms. The molecule has 0 radical (unpaired) electrons. The molecule has 5 nitrogen and oxygen atoms in total. The molecule has 0 heterocycles. The highest BCUT2D eigenvalue weighted by Gasteiger charge is 2.17. The summed E-state index contributed by atoms with van der Waals surface area (Å²) in [7, 11) is -1.32. The van der Waals surface area contributed by atoms with Gasteiger partial charge in [0.2, 0.25) is 0 Å². The van der Waals surface area contributed by atoms with E-state index in [1.807, 2.05) is 19.1 Å². The summed E-state index contributed by atoms with van der Waals surface area (Å²) in [5, 5.41) is 3.35. The topological polar surface area (TPSA) is 72.5 Å². The third-order valence-corrected chi connectivity index (χ3v) is 4.73. The van der Waals surface area contributed by atoms with Crippen LogP contribution in [0.2, 0.25) is 5.02 Å². The average Bonchev–Trinajstić information content (AvgIpc) is 2.60. The normalized spacial score (nSPS) is 12.9. The summed E-state index contributed by atoms with van der Waals surface area (Å²) in [4.78, 5) is 24.5. The molecule has 132 valence electrons. The summed E-state index contributed by atoms with van der Waals surface area (Å²) < 4.78 is 16.7. The highest BCUT2D eigenvalue weighted by Crippen LogP contribution is 2.16. The van der Waals surface area contributed by atoms with Gasteiger partial charge < -0.3 is 10.1 Å². The number of benzene rings is 2. The first-order valence-electron chi connectivity index (χ1n) is 7.53. The quantitative estimate of drug-likeness (QED) is 0.783. The number of hydrogen-bond acceptors (Lipinski definition) is 4. The lowest BCUT2D eigenvalue weighted by atomic mass is 10.1. The molecule has 0 aliphatic heterocycles. The third kappa shape index (κ3) is 5.41. The van der Waals surface area contributed by atoms with Crippen molar-refractivity contribution < 1.29 is 18.5 Å².